The van der Waals surface area contributed by atoms with Gasteiger partial charge in [0.1, 0.15) is 0 Å². The molecule has 0 bridgehead atoms. The van der Waals surface area contributed by atoms with Crippen molar-refractivity contribution >= 4 is 17.3 Å². The lowest BCUT2D eigenvalue weighted by molar-refractivity contribution is -0.137. The number of carboxylic acids is 1. The van der Waals surface area contributed by atoms with E-state index in [1.807, 2.05) is 17.7 Å². The lowest BCUT2D eigenvalue weighted by Crippen LogP contribution is -1.95. The zero-order valence-electron chi connectivity index (χ0n) is 10.0. The van der Waals surface area contributed by atoms with Crippen LogP contribution in [0.25, 0.3) is 11.4 Å². The quantitative estimate of drug-likeness (QED) is 0.813. The third kappa shape index (κ3) is 3.16. The lowest BCUT2D eigenvalue weighted by Gasteiger charge is -1.93. The molecule has 0 saturated carbocycles. The number of unbranched alkanes of at least 4 members (excludes halogenated alkanes) is 1. The number of thiophene rings is 1. The van der Waals surface area contributed by atoms with Crippen LogP contribution < -0.4 is 0 Å². The molecule has 0 saturated heterocycles. The molecule has 1 N–H and O–H groups in total. The summed E-state index contributed by atoms with van der Waals surface area (Å²) >= 11 is 1.61. The molecule has 0 aliphatic carbocycles. The Hall–Kier alpha value is -1.69. The Balaban J connectivity index is 1.91. The van der Waals surface area contributed by atoms with Crippen molar-refractivity contribution in [3.8, 4) is 11.4 Å². The van der Waals surface area contributed by atoms with E-state index >= 15 is 0 Å². The van der Waals surface area contributed by atoms with Gasteiger partial charge in [0.2, 0.25) is 11.7 Å². The first kappa shape index (κ1) is 12.8. The molecule has 2 rings (SSSR count). The minimum atomic E-state index is -0.768. The van der Waals surface area contributed by atoms with Crippen LogP contribution in [-0.4, -0.2) is 21.2 Å². The Bertz CT molecular complexity index is 533. The number of hydrogen-bond acceptors (Lipinski definition) is 5. The van der Waals surface area contributed by atoms with Crippen LogP contribution in [0.2, 0.25) is 0 Å². The van der Waals surface area contributed by atoms with Crippen LogP contribution in [0.4, 0.5) is 0 Å². The highest BCUT2D eigenvalue weighted by atomic mass is 32.1. The van der Waals surface area contributed by atoms with Crippen molar-refractivity contribution in [2.45, 2.75) is 32.6 Å². The summed E-state index contributed by atoms with van der Waals surface area (Å²) in [4.78, 5) is 14.7. The molecule has 0 fully saturated rings. The Labute approximate surface area is 108 Å². The summed E-state index contributed by atoms with van der Waals surface area (Å²) in [5.41, 5.74) is 2.14. The predicted octanol–water partition coefficient (Wildman–Crippen LogP) is 2.90. The summed E-state index contributed by atoms with van der Waals surface area (Å²) in [6.07, 6.45) is 2.19. The molecule has 0 spiro atoms. The third-order valence-corrected chi connectivity index (χ3v) is 3.46. The molecule has 0 aliphatic heterocycles. The van der Waals surface area contributed by atoms with Crippen LogP contribution in [0.3, 0.4) is 0 Å². The number of nitrogens with zero attached hydrogens (tertiary/aromatic N) is 2. The van der Waals surface area contributed by atoms with Gasteiger partial charge in [0.25, 0.3) is 0 Å². The highest BCUT2D eigenvalue weighted by Crippen LogP contribution is 2.24. The van der Waals surface area contributed by atoms with E-state index in [2.05, 4.69) is 10.1 Å². The molecule has 0 amide bonds. The van der Waals surface area contributed by atoms with E-state index in [0.29, 0.717) is 24.6 Å². The van der Waals surface area contributed by atoms with E-state index in [1.165, 1.54) is 0 Å². The number of rotatable bonds is 6. The van der Waals surface area contributed by atoms with Crippen molar-refractivity contribution in [3.05, 3.63) is 22.2 Å². The minimum Gasteiger partial charge on any atom is -0.481 e. The van der Waals surface area contributed by atoms with Gasteiger partial charge in [-0.15, -0.1) is 0 Å². The largest absolute Gasteiger partial charge is 0.481 e. The minimum absolute atomic E-state index is 0.185. The Morgan fingerprint density at radius 2 is 2.28 bits per heavy atom. The smallest absolute Gasteiger partial charge is 0.303 e. The molecule has 2 aromatic rings. The van der Waals surface area contributed by atoms with Crippen LogP contribution >= 0.6 is 11.3 Å². The highest BCUT2D eigenvalue weighted by Gasteiger charge is 2.11. The second kappa shape index (κ2) is 5.77. The van der Waals surface area contributed by atoms with Gasteiger partial charge in [0.15, 0.2) is 0 Å². The van der Waals surface area contributed by atoms with Crippen molar-refractivity contribution < 1.29 is 14.4 Å². The van der Waals surface area contributed by atoms with Gasteiger partial charge in [-0.1, -0.05) is 5.16 Å². The Morgan fingerprint density at radius 3 is 2.94 bits per heavy atom. The summed E-state index contributed by atoms with van der Waals surface area (Å²) in [6, 6.07) is 0. The van der Waals surface area contributed by atoms with E-state index in [4.69, 9.17) is 9.63 Å². The van der Waals surface area contributed by atoms with Gasteiger partial charge in [-0.3, -0.25) is 4.79 Å². The summed E-state index contributed by atoms with van der Waals surface area (Å²) in [6.45, 7) is 2.01. The van der Waals surface area contributed by atoms with Gasteiger partial charge >= 0.3 is 5.97 Å². The molecule has 5 nitrogen and oxygen atoms in total. The van der Waals surface area contributed by atoms with Gasteiger partial charge in [0.05, 0.1) is 0 Å². The summed E-state index contributed by atoms with van der Waals surface area (Å²) in [5.74, 6) is 0.415. The van der Waals surface area contributed by atoms with Crippen molar-refractivity contribution in [2.24, 2.45) is 0 Å². The van der Waals surface area contributed by atoms with Crippen molar-refractivity contribution in [1.29, 1.82) is 0 Å². The molecule has 96 valence electrons. The summed E-state index contributed by atoms with van der Waals surface area (Å²) in [7, 11) is 0. The SMILES string of the molecule is Cc1cscc1-c1noc(CCCCC(=O)O)n1. The van der Waals surface area contributed by atoms with Crippen molar-refractivity contribution in [1.82, 2.24) is 10.1 Å². The number of hydrogen-bond donors (Lipinski definition) is 1. The Morgan fingerprint density at radius 1 is 1.44 bits per heavy atom. The molecular formula is C12H14N2O3S. The monoisotopic (exact) mass is 266 g/mol. The van der Waals surface area contributed by atoms with Crippen LogP contribution in [-0.2, 0) is 11.2 Å². The maximum absolute atomic E-state index is 10.4. The zero-order valence-corrected chi connectivity index (χ0v) is 10.9. The fourth-order valence-corrected chi connectivity index (χ4v) is 2.43. The molecule has 2 aromatic heterocycles. The fraction of sp³-hybridized carbons (Fsp3) is 0.417. The fourth-order valence-electron chi connectivity index (χ4n) is 1.61. The summed E-state index contributed by atoms with van der Waals surface area (Å²) < 4.78 is 5.15. The summed E-state index contributed by atoms with van der Waals surface area (Å²) in [5, 5.41) is 16.5. The number of carbonyl (C=O) groups is 1. The second-order valence-electron chi connectivity index (χ2n) is 4.08. The number of aryl methyl sites for hydroxylation is 2. The first-order valence-corrected chi connectivity index (χ1v) is 6.68. The van der Waals surface area contributed by atoms with Crippen LogP contribution in [0, 0.1) is 6.92 Å². The number of aliphatic carboxylic acids is 1. The molecular weight excluding hydrogens is 252 g/mol. The normalized spacial score (nSPS) is 10.7. The lowest BCUT2D eigenvalue weighted by atomic mass is 10.2. The van der Waals surface area contributed by atoms with Crippen LogP contribution in [0.15, 0.2) is 15.3 Å². The van der Waals surface area contributed by atoms with E-state index in [0.717, 1.165) is 17.5 Å². The Kier molecular flexibility index (Phi) is 4.09. The molecule has 2 heterocycles. The number of aromatic nitrogens is 2. The molecule has 18 heavy (non-hydrogen) atoms. The average Bonchev–Trinajstić information content (AvgIpc) is 2.92. The second-order valence-corrected chi connectivity index (χ2v) is 4.82. The third-order valence-electron chi connectivity index (χ3n) is 2.60. The standard InChI is InChI=1S/C12H14N2O3S/c1-8-6-18-7-9(8)12-13-10(17-14-12)4-2-3-5-11(15)16/h6-7H,2-5H2,1H3,(H,15,16). The first-order valence-electron chi connectivity index (χ1n) is 5.74. The van der Waals surface area contributed by atoms with Gasteiger partial charge in [-0.25, -0.2) is 0 Å². The van der Waals surface area contributed by atoms with Crippen molar-refractivity contribution in [2.75, 3.05) is 0 Å². The van der Waals surface area contributed by atoms with Gasteiger partial charge in [-0.2, -0.15) is 16.3 Å². The highest BCUT2D eigenvalue weighted by molar-refractivity contribution is 7.08. The first-order chi connectivity index (χ1) is 8.66. The van der Waals surface area contributed by atoms with Crippen LogP contribution in [0.5, 0.6) is 0 Å². The van der Waals surface area contributed by atoms with Crippen LogP contribution in [0.1, 0.15) is 30.7 Å². The molecule has 6 heteroatoms. The van der Waals surface area contributed by atoms with Gasteiger partial charge < -0.3 is 9.63 Å². The average molecular weight is 266 g/mol. The van der Waals surface area contributed by atoms with Gasteiger partial charge in [0, 0.05) is 23.8 Å². The maximum atomic E-state index is 10.4. The zero-order chi connectivity index (χ0) is 13.0. The van der Waals surface area contributed by atoms with E-state index in [1.54, 1.807) is 11.3 Å². The molecule has 0 aliphatic rings. The van der Waals surface area contributed by atoms with Gasteiger partial charge in [-0.05, 0) is 30.7 Å². The molecule has 0 atom stereocenters. The number of carboxylic acid groups (broad SMARTS) is 1. The van der Waals surface area contributed by atoms with E-state index in [9.17, 15) is 4.79 Å². The van der Waals surface area contributed by atoms with E-state index in [-0.39, 0.29) is 6.42 Å². The topological polar surface area (TPSA) is 76.2 Å². The van der Waals surface area contributed by atoms with E-state index < -0.39 is 5.97 Å². The predicted molar refractivity (Wildman–Crippen MR) is 67.5 cm³/mol. The molecule has 0 aromatic carbocycles. The molecule has 0 unspecified atom stereocenters. The van der Waals surface area contributed by atoms with Crippen molar-refractivity contribution in [3.63, 3.8) is 0 Å². The maximum Gasteiger partial charge on any atom is 0.303 e. The molecule has 0 radical (unpaired) electrons.